The number of carbonyl (C=O) groups excluding carboxylic acids is 1. The van der Waals surface area contributed by atoms with E-state index >= 15 is 0 Å². The van der Waals surface area contributed by atoms with Crippen molar-refractivity contribution in [1.29, 1.82) is 0 Å². The molecule has 0 aliphatic rings. The fourth-order valence-corrected chi connectivity index (χ4v) is 2.77. The molecule has 2 heteroatoms. The van der Waals surface area contributed by atoms with E-state index in [-0.39, 0.29) is 5.91 Å². The SMILES string of the molecule is CC(=O)NCCc1cc(-c2ccccc2)cc2ccccc12. The van der Waals surface area contributed by atoms with E-state index in [9.17, 15) is 4.79 Å². The summed E-state index contributed by atoms with van der Waals surface area (Å²) in [6, 6.07) is 23.3. The van der Waals surface area contributed by atoms with Gasteiger partial charge in [-0.2, -0.15) is 0 Å². The predicted octanol–water partition coefficient (Wildman–Crippen LogP) is 4.19. The number of benzene rings is 3. The van der Waals surface area contributed by atoms with Crippen LogP contribution in [0.15, 0.2) is 66.7 Å². The molecular formula is C20H19NO. The van der Waals surface area contributed by atoms with Gasteiger partial charge in [0.25, 0.3) is 0 Å². The Morgan fingerprint density at radius 3 is 2.41 bits per heavy atom. The molecule has 0 bridgehead atoms. The van der Waals surface area contributed by atoms with Crippen molar-refractivity contribution >= 4 is 16.7 Å². The lowest BCUT2D eigenvalue weighted by Gasteiger charge is -2.11. The number of hydrogen-bond acceptors (Lipinski definition) is 1. The molecule has 0 radical (unpaired) electrons. The zero-order chi connectivity index (χ0) is 15.4. The topological polar surface area (TPSA) is 29.1 Å². The fourth-order valence-electron chi connectivity index (χ4n) is 2.77. The Hall–Kier alpha value is -2.61. The molecule has 0 unspecified atom stereocenters. The average molecular weight is 289 g/mol. The third kappa shape index (κ3) is 3.17. The van der Waals surface area contributed by atoms with Crippen molar-refractivity contribution in [2.75, 3.05) is 6.54 Å². The number of hydrogen-bond donors (Lipinski definition) is 1. The van der Waals surface area contributed by atoms with Crippen LogP contribution in [0.3, 0.4) is 0 Å². The van der Waals surface area contributed by atoms with Crippen LogP contribution < -0.4 is 5.32 Å². The van der Waals surface area contributed by atoms with Crippen LogP contribution in [0.1, 0.15) is 12.5 Å². The standard InChI is InChI=1S/C20H19NO/c1-15(22)21-12-11-18-14-19(16-7-3-2-4-8-16)13-17-9-5-6-10-20(17)18/h2-10,13-14H,11-12H2,1H3,(H,21,22). The highest BCUT2D eigenvalue weighted by molar-refractivity contribution is 5.90. The van der Waals surface area contributed by atoms with Gasteiger partial charge >= 0.3 is 0 Å². The molecule has 0 heterocycles. The lowest BCUT2D eigenvalue weighted by atomic mass is 9.95. The molecule has 22 heavy (non-hydrogen) atoms. The molecule has 0 fully saturated rings. The molecule has 0 spiro atoms. The normalized spacial score (nSPS) is 10.6. The highest BCUT2D eigenvalue weighted by Crippen LogP contribution is 2.28. The smallest absolute Gasteiger partial charge is 0.216 e. The molecule has 0 atom stereocenters. The largest absolute Gasteiger partial charge is 0.356 e. The van der Waals surface area contributed by atoms with Crippen molar-refractivity contribution in [3.8, 4) is 11.1 Å². The molecule has 0 aromatic heterocycles. The van der Waals surface area contributed by atoms with E-state index in [1.807, 2.05) is 6.07 Å². The second-order valence-corrected chi connectivity index (χ2v) is 5.46. The number of carbonyl (C=O) groups is 1. The third-order valence-electron chi connectivity index (χ3n) is 3.82. The molecule has 0 aliphatic heterocycles. The molecular weight excluding hydrogens is 270 g/mol. The second kappa shape index (κ2) is 6.44. The first kappa shape index (κ1) is 14.3. The summed E-state index contributed by atoms with van der Waals surface area (Å²) in [5, 5.41) is 5.37. The Balaban J connectivity index is 2.02. The third-order valence-corrected chi connectivity index (χ3v) is 3.82. The molecule has 0 aliphatic carbocycles. The Bertz CT molecular complexity index is 793. The number of nitrogens with one attached hydrogen (secondary N) is 1. The van der Waals surface area contributed by atoms with Gasteiger partial charge in [0, 0.05) is 13.5 Å². The average Bonchev–Trinajstić information content (AvgIpc) is 2.55. The van der Waals surface area contributed by atoms with Gasteiger partial charge in [0.15, 0.2) is 0 Å². The molecule has 3 rings (SSSR count). The lowest BCUT2D eigenvalue weighted by molar-refractivity contribution is -0.118. The van der Waals surface area contributed by atoms with Crippen molar-refractivity contribution in [3.63, 3.8) is 0 Å². The van der Waals surface area contributed by atoms with E-state index in [4.69, 9.17) is 0 Å². The Labute approximate surface area is 130 Å². The minimum atomic E-state index is 0.0171. The summed E-state index contributed by atoms with van der Waals surface area (Å²) < 4.78 is 0. The Morgan fingerprint density at radius 1 is 0.909 bits per heavy atom. The maximum atomic E-state index is 11.1. The summed E-state index contributed by atoms with van der Waals surface area (Å²) in [5.41, 5.74) is 3.71. The van der Waals surface area contributed by atoms with E-state index < -0.39 is 0 Å². The maximum Gasteiger partial charge on any atom is 0.216 e. The monoisotopic (exact) mass is 289 g/mol. The van der Waals surface area contributed by atoms with Crippen molar-refractivity contribution in [1.82, 2.24) is 5.32 Å². The molecule has 0 saturated carbocycles. The Morgan fingerprint density at radius 2 is 1.64 bits per heavy atom. The van der Waals surface area contributed by atoms with Gasteiger partial charge in [-0.05, 0) is 39.9 Å². The van der Waals surface area contributed by atoms with E-state index in [0.717, 1.165) is 6.42 Å². The molecule has 110 valence electrons. The quantitative estimate of drug-likeness (QED) is 0.767. The molecule has 2 nitrogen and oxygen atoms in total. The minimum absolute atomic E-state index is 0.0171. The first-order valence-corrected chi connectivity index (χ1v) is 7.55. The van der Waals surface area contributed by atoms with Crippen molar-refractivity contribution in [2.45, 2.75) is 13.3 Å². The van der Waals surface area contributed by atoms with Gasteiger partial charge in [-0.1, -0.05) is 60.7 Å². The maximum absolute atomic E-state index is 11.1. The van der Waals surface area contributed by atoms with Gasteiger partial charge in [-0.25, -0.2) is 0 Å². The number of amides is 1. The van der Waals surface area contributed by atoms with Crippen LogP contribution in [-0.4, -0.2) is 12.5 Å². The summed E-state index contributed by atoms with van der Waals surface area (Å²) in [6.45, 7) is 2.22. The first-order valence-electron chi connectivity index (χ1n) is 7.55. The highest BCUT2D eigenvalue weighted by Gasteiger charge is 2.06. The Kier molecular flexibility index (Phi) is 4.19. The van der Waals surface area contributed by atoms with Gasteiger partial charge in [-0.3, -0.25) is 4.79 Å². The second-order valence-electron chi connectivity index (χ2n) is 5.46. The van der Waals surface area contributed by atoms with Crippen LogP contribution in [-0.2, 0) is 11.2 Å². The van der Waals surface area contributed by atoms with Gasteiger partial charge in [0.05, 0.1) is 0 Å². The molecule has 1 N–H and O–H groups in total. The lowest BCUT2D eigenvalue weighted by Crippen LogP contribution is -2.22. The summed E-state index contributed by atoms with van der Waals surface area (Å²) >= 11 is 0. The minimum Gasteiger partial charge on any atom is -0.356 e. The van der Waals surface area contributed by atoms with Crippen LogP contribution in [0.5, 0.6) is 0 Å². The number of fused-ring (bicyclic) bond motifs is 1. The van der Waals surface area contributed by atoms with E-state index in [2.05, 4.69) is 66.0 Å². The molecule has 1 amide bonds. The van der Waals surface area contributed by atoms with Gasteiger partial charge < -0.3 is 5.32 Å². The van der Waals surface area contributed by atoms with Crippen molar-refractivity contribution < 1.29 is 4.79 Å². The number of rotatable bonds is 4. The fraction of sp³-hybridized carbons (Fsp3) is 0.150. The zero-order valence-corrected chi connectivity index (χ0v) is 12.7. The van der Waals surface area contributed by atoms with Crippen molar-refractivity contribution in [2.24, 2.45) is 0 Å². The van der Waals surface area contributed by atoms with Crippen molar-refractivity contribution in [3.05, 3.63) is 72.3 Å². The van der Waals surface area contributed by atoms with Crippen LogP contribution in [0.2, 0.25) is 0 Å². The van der Waals surface area contributed by atoms with E-state index in [1.54, 1.807) is 6.92 Å². The van der Waals surface area contributed by atoms with Crippen LogP contribution >= 0.6 is 0 Å². The van der Waals surface area contributed by atoms with E-state index in [0.29, 0.717) is 6.54 Å². The van der Waals surface area contributed by atoms with Gasteiger partial charge in [0.2, 0.25) is 5.91 Å². The zero-order valence-electron chi connectivity index (χ0n) is 12.7. The van der Waals surface area contributed by atoms with Crippen LogP contribution in [0.25, 0.3) is 21.9 Å². The molecule has 0 saturated heterocycles. The first-order chi connectivity index (χ1) is 10.7. The molecule has 3 aromatic carbocycles. The summed E-state index contributed by atoms with van der Waals surface area (Å²) in [5.74, 6) is 0.0171. The predicted molar refractivity (Wildman–Crippen MR) is 91.8 cm³/mol. The van der Waals surface area contributed by atoms with Gasteiger partial charge in [-0.15, -0.1) is 0 Å². The summed E-state index contributed by atoms with van der Waals surface area (Å²) in [4.78, 5) is 11.1. The summed E-state index contributed by atoms with van der Waals surface area (Å²) in [7, 11) is 0. The van der Waals surface area contributed by atoms with Crippen LogP contribution in [0.4, 0.5) is 0 Å². The van der Waals surface area contributed by atoms with E-state index in [1.165, 1.54) is 27.5 Å². The molecule has 3 aromatic rings. The summed E-state index contributed by atoms with van der Waals surface area (Å²) in [6.07, 6.45) is 0.834. The van der Waals surface area contributed by atoms with Gasteiger partial charge in [0.1, 0.15) is 0 Å². The highest BCUT2D eigenvalue weighted by atomic mass is 16.1. The van der Waals surface area contributed by atoms with Crippen LogP contribution in [0, 0.1) is 0 Å².